The Bertz CT molecular complexity index is 1750. The maximum atomic E-state index is 14.3. The van der Waals surface area contributed by atoms with Crippen molar-refractivity contribution >= 4 is 23.9 Å². The molecule has 1 saturated carbocycles. The predicted molar refractivity (Wildman–Crippen MR) is 181 cm³/mol. The number of amides is 3. The number of nitrogens with one attached hydrogen (secondary N) is 2. The number of ether oxygens (including phenoxy) is 2. The normalized spacial score (nSPS) is 26.3. The number of aliphatic carboxylic acids is 1. The second-order valence-electron chi connectivity index (χ2n) is 14.1. The first-order valence-electron chi connectivity index (χ1n) is 17.1. The van der Waals surface area contributed by atoms with E-state index in [2.05, 4.69) is 26.0 Å². The largest absolute Gasteiger partial charge is 0.479 e. The molecule has 3 aromatic rings. The standard InChI is InChI=1S/C36H43N7O7/c1-35(2,3)50-34(48)37-28-18-11-6-4-5-8-14-24-21-36(24,33(46)47)38-31(44)29-20-25(22-42(29)32(28)45)43-40-30(39-41-43)23-13-12-17-27(19-23)49-26-15-9-7-10-16-26/h7-10,12-17,19,24-25,28-29H,4-6,11,18,20-22H2,1-3H3,(H,37,48)(H,38,44)(H,46,47)/b14-8-/t24-,25+,28-,29-,36+/m0/s1. The van der Waals surface area contributed by atoms with Crippen LogP contribution in [0.4, 0.5) is 4.79 Å². The molecule has 50 heavy (non-hydrogen) atoms. The number of carbonyl (C=O) groups is 4. The summed E-state index contributed by atoms with van der Waals surface area (Å²) in [5, 5.41) is 28.8. The van der Waals surface area contributed by atoms with E-state index in [9.17, 15) is 24.3 Å². The highest BCUT2D eigenvalue weighted by molar-refractivity contribution is 5.96. The number of fused-ring (bicyclic) bond motifs is 2. The number of allylic oxidation sites excluding steroid dienone is 1. The van der Waals surface area contributed by atoms with Crippen molar-refractivity contribution in [1.29, 1.82) is 0 Å². The van der Waals surface area contributed by atoms with Crippen molar-refractivity contribution in [3.8, 4) is 22.9 Å². The molecule has 3 aliphatic rings. The lowest BCUT2D eigenvalue weighted by Gasteiger charge is -2.30. The highest BCUT2D eigenvalue weighted by atomic mass is 16.6. The van der Waals surface area contributed by atoms with Gasteiger partial charge in [-0.2, -0.15) is 4.80 Å². The van der Waals surface area contributed by atoms with Crippen LogP contribution in [0.2, 0.25) is 0 Å². The zero-order chi connectivity index (χ0) is 35.5. The van der Waals surface area contributed by atoms with Gasteiger partial charge in [-0.15, -0.1) is 10.2 Å². The quantitative estimate of drug-likeness (QED) is 0.310. The van der Waals surface area contributed by atoms with Gasteiger partial charge in [0.05, 0.1) is 6.04 Å². The van der Waals surface area contributed by atoms with Gasteiger partial charge in [-0.1, -0.05) is 55.3 Å². The summed E-state index contributed by atoms with van der Waals surface area (Å²) >= 11 is 0. The number of benzene rings is 2. The number of para-hydroxylation sites is 1. The van der Waals surface area contributed by atoms with Crippen LogP contribution < -0.4 is 15.4 Å². The lowest BCUT2D eigenvalue weighted by atomic mass is 10.0. The maximum absolute atomic E-state index is 14.3. The Hall–Kier alpha value is -5.27. The van der Waals surface area contributed by atoms with Gasteiger partial charge in [0.2, 0.25) is 17.6 Å². The minimum Gasteiger partial charge on any atom is -0.479 e. The molecule has 3 N–H and O–H groups in total. The van der Waals surface area contributed by atoms with Crippen LogP contribution >= 0.6 is 0 Å². The molecular formula is C36H43N7O7. The lowest BCUT2D eigenvalue weighted by molar-refractivity contribution is -0.145. The van der Waals surface area contributed by atoms with Crippen LogP contribution in [0.1, 0.15) is 71.8 Å². The molecule has 0 bridgehead atoms. The van der Waals surface area contributed by atoms with Crippen molar-refractivity contribution in [1.82, 2.24) is 35.7 Å². The number of hydrogen-bond acceptors (Lipinski definition) is 9. The number of carboxylic acids is 1. The number of alkyl carbamates (subject to hydrolysis) is 1. The average Bonchev–Trinajstić information content (AvgIpc) is 3.37. The second-order valence-corrected chi connectivity index (χ2v) is 14.1. The Labute approximate surface area is 290 Å². The van der Waals surface area contributed by atoms with E-state index >= 15 is 0 Å². The number of tetrazole rings is 1. The number of aromatic nitrogens is 4. The van der Waals surface area contributed by atoms with Gasteiger partial charge in [0, 0.05) is 24.4 Å². The molecule has 264 valence electrons. The lowest BCUT2D eigenvalue weighted by Crippen LogP contribution is -2.56. The molecule has 0 unspecified atom stereocenters. The molecule has 1 aliphatic carbocycles. The first-order chi connectivity index (χ1) is 23.9. The number of carboxylic acid groups (broad SMARTS) is 1. The van der Waals surface area contributed by atoms with Crippen molar-refractivity contribution in [3.63, 3.8) is 0 Å². The molecule has 1 aromatic heterocycles. The molecular weight excluding hydrogens is 642 g/mol. The Morgan fingerprint density at radius 3 is 2.58 bits per heavy atom. The number of rotatable bonds is 6. The van der Waals surface area contributed by atoms with Gasteiger partial charge in [0.25, 0.3) is 0 Å². The van der Waals surface area contributed by atoms with Gasteiger partial charge in [0.1, 0.15) is 34.7 Å². The van der Waals surface area contributed by atoms with Gasteiger partial charge in [0.15, 0.2) is 0 Å². The molecule has 3 amide bonds. The maximum Gasteiger partial charge on any atom is 0.408 e. The van der Waals surface area contributed by atoms with Crippen LogP contribution in [0.3, 0.4) is 0 Å². The number of nitrogens with zero attached hydrogens (tertiary/aromatic N) is 5. The van der Waals surface area contributed by atoms with Crippen molar-refractivity contribution < 1.29 is 33.8 Å². The highest BCUT2D eigenvalue weighted by Crippen LogP contribution is 2.45. The van der Waals surface area contributed by atoms with Gasteiger partial charge in [-0.05, 0) is 75.9 Å². The SMILES string of the molecule is CC(C)(C)OC(=O)N[C@H]1CCCCC/C=C\[C@H]2C[C@@]2(C(=O)O)NC(=O)[C@@H]2C[C@@H](n3nnc(-c4cccc(Oc5ccccc5)c4)n3)CN2C1=O. The summed E-state index contributed by atoms with van der Waals surface area (Å²) in [6.07, 6.45) is 6.82. The summed E-state index contributed by atoms with van der Waals surface area (Å²) in [5.74, 6) is -0.934. The van der Waals surface area contributed by atoms with E-state index in [0.717, 1.165) is 19.3 Å². The van der Waals surface area contributed by atoms with E-state index in [1.54, 1.807) is 26.8 Å². The fourth-order valence-electron chi connectivity index (χ4n) is 6.51. The molecule has 6 rings (SSSR count). The van der Waals surface area contributed by atoms with Crippen molar-refractivity contribution in [2.45, 2.75) is 95.0 Å². The molecule has 0 spiro atoms. The summed E-state index contributed by atoms with van der Waals surface area (Å²) < 4.78 is 11.4. The third-order valence-electron chi connectivity index (χ3n) is 9.15. The molecule has 2 aromatic carbocycles. The highest BCUT2D eigenvalue weighted by Gasteiger charge is 2.61. The predicted octanol–water partition coefficient (Wildman–Crippen LogP) is 4.65. The number of hydrogen-bond donors (Lipinski definition) is 3. The Morgan fingerprint density at radius 2 is 1.82 bits per heavy atom. The minimum atomic E-state index is -1.44. The molecule has 5 atom stereocenters. The summed E-state index contributed by atoms with van der Waals surface area (Å²) in [4.78, 5) is 56.3. The average molecular weight is 686 g/mol. The summed E-state index contributed by atoms with van der Waals surface area (Å²) in [5.41, 5.74) is -1.57. The molecule has 14 heteroatoms. The molecule has 2 aliphatic heterocycles. The van der Waals surface area contributed by atoms with Crippen LogP contribution in [0.5, 0.6) is 11.5 Å². The molecule has 0 radical (unpaired) electrons. The van der Waals surface area contributed by atoms with E-state index in [4.69, 9.17) is 9.47 Å². The van der Waals surface area contributed by atoms with Crippen LogP contribution in [0, 0.1) is 5.92 Å². The molecule has 1 saturated heterocycles. The van der Waals surface area contributed by atoms with Gasteiger partial charge in [-0.3, -0.25) is 9.59 Å². The van der Waals surface area contributed by atoms with Gasteiger partial charge >= 0.3 is 12.1 Å². The fraction of sp³-hybridized carbons (Fsp3) is 0.472. The second kappa shape index (κ2) is 14.3. The Balaban J connectivity index is 1.27. The summed E-state index contributed by atoms with van der Waals surface area (Å²) in [6, 6.07) is 14.1. The van der Waals surface area contributed by atoms with Crippen LogP contribution in [0.25, 0.3) is 11.4 Å². The first-order valence-corrected chi connectivity index (χ1v) is 17.1. The van der Waals surface area contributed by atoms with Crippen LogP contribution in [-0.2, 0) is 19.1 Å². The van der Waals surface area contributed by atoms with E-state index in [1.165, 1.54) is 9.70 Å². The van der Waals surface area contributed by atoms with E-state index < -0.39 is 53.1 Å². The van der Waals surface area contributed by atoms with Crippen molar-refractivity contribution in [2.24, 2.45) is 5.92 Å². The van der Waals surface area contributed by atoms with Crippen LogP contribution in [0.15, 0.2) is 66.7 Å². The zero-order valence-electron chi connectivity index (χ0n) is 28.4. The third-order valence-corrected chi connectivity index (χ3v) is 9.15. The minimum absolute atomic E-state index is 0.0414. The summed E-state index contributed by atoms with van der Waals surface area (Å²) in [6.45, 7) is 5.25. The monoisotopic (exact) mass is 685 g/mol. The first kappa shape index (κ1) is 34.6. The molecule has 14 nitrogen and oxygen atoms in total. The topological polar surface area (TPSA) is 178 Å². The van der Waals surface area contributed by atoms with Crippen LogP contribution in [-0.4, -0.2) is 83.9 Å². The van der Waals surface area contributed by atoms with Gasteiger partial charge < -0.3 is 30.1 Å². The molecule has 3 heterocycles. The third kappa shape index (κ3) is 7.95. The Morgan fingerprint density at radius 1 is 1.04 bits per heavy atom. The van der Waals surface area contributed by atoms with Crippen molar-refractivity contribution in [2.75, 3.05) is 6.54 Å². The van der Waals surface area contributed by atoms with Gasteiger partial charge in [-0.25, -0.2) is 9.59 Å². The van der Waals surface area contributed by atoms with E-state index in [0.29, 0.717) is 35.7 Å². The zero-order valence-corrected chi connectivity index (χ0v) is 28.4. The molecule has 2 fully saturated rings. The fourth-order valence-corrected chi connectivity index (χ4v) is 6.51. The Kier molecular flexibility index (Phi) is 9.89. The smallest absolute Gasteiger partial charge is 0.408 e. The van der Waals surface area contributed by atoms with E-state index in [-0.39, 0.29) is 25.3 Å². The number of carbonyl (C=O) groups excluding carboxylic acids is 3. The van der Waals surface area contributed by atoms with Crippen molar-refractivity contribution in [3.05, 3.63) is 66.7 Å². The van der Waals surface area contributed by atoms with E-state index in [1.807, 2.05) is 60.7 Å². The summed E-state index contributed by atoms with van der Waals surface area (Å²) in [7, 11) is 0.